The van der Waals surface area contributed by atoms with Gasteiger partial charge in [-0.25, -0.2) is 0 Å². The van der Waals surface area contributed by atoms with Crippen LogP contribution in [0.1, 0.15) is 194 Å². The summed E-state index contributed by atoms with van der Waals surface area (Å²) >= 11 is 0. The Labute approximate surface area is 269 Å². The van der Waals surface area contributed by atoms with Crippen LogP contribution in [0.5, 0.6) is 0 Å². The number of rotatable bonds is 24. The molecule has 0 saturated heterocycles. The molecule has 6 nitrogen and oxygen atoms in total. The molecule has 7 heteroatoms. The summed E-state index contributed by atoms with van der Waals surface area (Å²) in [6.45, 7) is 4.49. The Morgan fingerprint density at radius 3 is 0.902 bits per heavy atom. The molecule has 0 bridgehead atoms. The quantitative estimate of drug-likeness (QED) is 0.0909. The summed E-state index contributed by atoms with van der Waals surface area (Å²) in [4.78, 5) is 20.3. The molecule has 2 unspecified atom stereocenters. The van der Waals surface area contributed by atoms with Gasteiger partial charge in [0, 0.05) is 11.9 Å². The minimum absolute atomic E-state index is 0. The van der Waals surface area contributed by atoms with Crippen LogP contribution in [-0.2, 0) is 30.7 Å². The van der Waals surface area contributed by atoms with Crippen LogP contribution in [0, 0.1) is 0 Å². The van der Waals surface area contributed by atoms with Gasteiger partial charge in [-0.3, -0.25) is 0 Å². The van der Waals surface area contributed by atoms with E-state index in [4.69, 9.17) is 11.5 Å². The maximum absolute atomic E-state index is 10.1. The molecule has 1 aliphatic carbocycles. The molecular formula is C34H66N2O4Pt. The van der Waals surface area contributed by atoms with E-state index in [0.29, 0.717) is 0 Å². The smallest absolute Gasteiger partial charge is 0.676 e. The van der Waals surface area contributed by atoms with E-state index in [1.165, 1.54) is 128 Å². The van der Waals surface area contributed by atoms with Gasteiger partial charge in [0.15, 0.2) is 0 Å². The summed E-state index contributed by atoms with van der Waals surface area (Å²) in [5.41, 5.74) is 14.6. The molecule has 0 aromatic carbocycles. The first-order valence-corrected chi connectivity index (χ1v) is 17.2. The Bertz CT molecular complexity index is 491. The fourth-order valence-corrected chi connectivity index (χ4v) is 5.00. The van der Waals surface area contributed by atoms with Gasteiger partial charge in [0.05, 0.1) is 0 Å². The van der Waals surface area contributed by atoms with Crippen LogP contribution < -0.4 is 10.2 Å². The average Bonchev–Trinajstić information content (AvgIpc) is 2.92. The maximum Gasteiger partial charge on any atom is 4.00 e. The second-order valence-corrected chi connectivity index (χ2v) is 11.8. The molecule has 2 atom stereocenters. The van der Waals surface area contributed by atoms with E-state index in [-0.39, 0.29) is 46.0 Å². The van der Waals surface area contributed by atoms with Gasteiger partial charge in [0.25, 0.3) is 0 Å². The topological polar surface area (TPSA) is 128 Å². The molecule has 0 radical (unpaired) electrons. The fourth-order valence-electron chi connectivity index (χ4n) is 5.00. The van der Waals surface area contributed by atoms with Crippen molar-refractivity contribution in [3.8, 4) is 0 Å². The standard InChI is InChI=1S/2C14H28O2.C6H12N2.Pt/c2*1-2-3-4-5-6-7-8-9-10-11-12-13-14(15)16;7-5-3-1-2-4-6(5)8;/h2*2-13H2,1H3,(H,15,16);5-8H,1-4H2;/q;;-2;+4/p-2. The van der Waals surface area contributed by atoms with E-state index in [1.54, 1.807) is 0 Å². The van der Waals surface area contributed by atoms with Crippen LogP contribution in [0.3, 0.4) is 0 Å². The van der Waals surface area contributed by atoms with E-state index in [9.17, 15) is 19.8 Å². The number of aliphatic carboxylic acids is 2. The number of unbranched alkanes of at least 4 members (excludes halogenated alkanes) is 20. The van der Waals surface area contributed by atoms with Gasteiger partial charge in [-0.05, 0) is 25.7 Å². The minimum atomic E-state index is -0.907. The summed E-state index contributed by atoms with van der Waals surface area (Å²) in [6.07, 6.45) is 32.3. The number of hydrogen-bond acceptors (Lipinski definition) is 4. The normalized spacial score (nSPS) is 16.0. The Hall–Kier alpha value is -0.452. The van der Waals surface area contributed by atoms with Crippen molar-refractivity contribution >= 4 is 11.9 Å². The summed E-state index contributed by atoms with van der Waals surface area (Å²) in [6, 6.07) is -0.160. The molecule has 1 aliphatic rings. The molecule has 0 aliphatic heterocycles. The molecule has 2 N–H and O–H groups in total. The molecule has 0 amide bonds. The molecule has 0 aromatic rings. The molecule has 0 aromatic heterocycles. The Kier molecular flexibility index (Phi) is 41.2. The monoisotopic (exact) mass is 761 g/mol. The van der Waals surface area contributed by atoms with Gasteiger partial charge in [0.2, 0.25) is 0 Å². The van der Waals surface area contributed by atoms with Crippen LogP contribution in [0.25, 0.3) is 11.5 Å². The zero-order chi connectivity index (χ0) is 30.1. The molecule has 0 spiro atoms. The molecule has 1 fully saturated rings. The van der Waals surface area contributed by atoms with Gasteiger partial charge in [-0.1, -0.05) is 168 Å². The number of carbonyl (C=O) groups is 2. The third-order valence-corrected chi connectivity index (χ3v) is 7.73. The summed E-state index contributed by atoms with van der Waals surface area (Å²) in [7, 11) is 0. The van der Waals surface area contributed by atoms with Crippen LogP contribution in [0.15, 0.2) is 0 Å². The second kappa shape index (κ2) is 37.6. The Morgan fingerprint density at radius 1 is 0.488 bits per heavy atom. The molecule has 0 heterocycles. The number of carboxylic acids is 2. The van der Waals surface area contributed by atoms with Crippen LogP contribution in [0.2, 0.25) is 0 Å². The van der Waals surface area contributed by atoms with Gasteiger partial charge in [-0.15, -0.1) is 0 Å². The van der Waals surface area contributed by atoms with Crippen molar-refractivity contribution in [2.24, 2.45) is 0 Å². The zero-order valence-corrected chi connectivity index (χ0v) is 29.2. The molecule has 246 valence electrons. The number of hydrogen-bond donors (Lipinski definition) is 0. The first-order chi connectivity index (χ1) is 19.3. The number of nitrogens with one attached hydrogen (secondary N) is 2. The molecule has 41 heavy (non-hydrogen) atoms. The third kappa shape index (κ3) is 41.7. The first kappa shape index (κ1) is 45.0. The SMILES string of the molecule is CCCCCCCCCCCCCC(=O)[O-].CCCCCCCCCCCCCC(=O)[O-].[NH-]C1CCCCC1[NH-].[Pt+4]. The third-order valence-electron chi connectivity index (χ3n) is 7.73. The van der Waals surface area contributed by atoms with E-state index in [0.717, 1.165) is 38.5 Å². The van der Waals surface area contributed by atoms with Crippen molar-refractivity contribution < 1.29 is 40.9 Å². The van der Waals surface area contributed by atoms with Gasteiger partial charge < -0.3 is 31.3 Å². The Morgan fingerprint density at radius 2 is 0.707 bits per heavy atom. The number of carbonyl (C=O) groups excluding carboxylic acids is 2. The van der Waals surface area contributed by atoms with Crippen molar-refractivity contribution in [1.29, 1.82) is 0 Å². The minimum Gasteiger partial charge on any atom is -0.676 e. The first-order valence-electron chi connectivity index (χ1n) is 17.2. The van der Waals surface area contributed by atoms with Crippen molar-refractivity contribution in [2.75, 3.05) is 0 Å². The van der Waals surface area contributed by atoms with Crippen molar-refractivity contribution in [3.63, 3.8) is 0 Å². The molecule has 1 rings (SSSR count). The van der Waals surface area contributed by atoms with E-state index >= 15 is 0 Å². The fraction of sp³-hybridized carbons (Fsp3) is 0.941. The average molecular weight is 762 g/mol. The van der Waals surface area contributed by atoms with Gasteiger partial charge in [0.1, 0.15) is 0 Å². The summed E-state index contributed by atoms with van der Waals surface area (Å²) < 4.78 is 0. The largest absolute Gasteiger partial charge is 4.00 e. The van der Waals surface area contributed by atoms with E-state index in [2.05, 4.69) is 13.8 Å². The van der Waals surface area contributed by atoms with E-state index in [1.807, 2.05) is 0 Å². The van der Waals surface area contributed by atoms with Gasteiger partial charge in [-0.2, -0.15) is 12.1 Å². The molecule has 1 saturated carbocycles. The van der Waals surface area contributed by atoms with Crippen LogP contribution in [-0.4, -0.2) is 24.0 Å². The van der Waals surface area contributed by atoms with Crippen LogP contribution in [0.4, 0.5) is 0 Å². The zero-order valence-electron chi connectivity index (χ0n) is 26.9. The summed E-state index contributed by atoms with van der Waals surface area (Å²) in [5.74, 6) is -1.81. The van der Waals surface area contributed by atoms with Crippen molar-refractivity contribution in [1.82, 2.24) is 0 Å². The predicted molar refractivity (Wildman–Crippen MR) is 167 cm³/mol. The van der Waals surface area contributed by atoms with E-state index < -0.39 is 11.9 Å². The Balaban J connectivity index is -0.000000548. The molecular weight excluding hydrogens is 695 g/mol. The summed E-state index contributed by atoms with van der Waals surface area (Å²) in [5, 5.41) is 20.3. The second-order valence-electron chi connectivity index (χ2n) is 11.8. The van der Waals surface area contributed by atoms with Gasteiger partial charge >= 0.3 is 21.1 Å². The predicted octanol–water partition coefficient (Wildman–Crippen LogP) is 9.27. The van der Waals surface area contributed by atoms with Crippen molar-refractivity contribution in [3.05, 3.63) is 11.5 Å². The number of carboxylic acid groups (broad SMARTS) is 2. The maximum atomic E-state index is 10.1. The van der Waals surface area contributed by atoms with Crippen LogP contribution >= 0.6 is 0 Å². The van der Waals surface area contributed by atoms with Crippen molar-refractivity contribution in [2.45, 2.75) is 206 Å².